The first-order chi connectivity index (χ1) is 13.9. The zero-order valence-corrected chi connectivity index (χ0v) is 20.2. The highest BCUT2D eigenvalue weighted by Crippen LogP contribution is 2.22. The predicted octanol–water partition coefficient (Wildman–Crippen LogP) is 4.38. The third kappa shape index (κ3) is 12.7. The van der Waals surface area contributed by atoms with Crippen LogP contribution >= 0.6 is 0 Å². The van der Waals surface area contributed by atoms with E-state index in [1.54, 1.807) is 62.3 Å². The Labute approximate surface area is 185 Å². The molecule has 9 nitrogen and oxygen atoms in total. The Hall–Kier alpha value is -2.58. The van der Waals surface area contributed by atoms with Crippen molar-refractivity contribution in [3.05, 3.63) is 12.7 Å². The molecule has 0 fully saturated rings. The standard InChI is InChI=1S/C22H37NO8/c1-11-14-28-16(24)13-12-15(17(25)29-20(2,3)4)23(18(26)30-21(5,6)7)19(27)31-22(8,9)10/h11,15H,1,12-14H2,2-10H3/t15-/m0/s1. The van der Waals surface area contributed by atoms with Crippen molar-refractivity contribution in [1.29, 1.82) is 0 Å². The summed E-state index contributed by atoms with van der Waals surface area (Å²) in [5, 5.41) is 0. The van der Waals surface area contributed by atoms with Gasteiger partial charge in [0.15, 0.2) is 0 Å². The Morgan fingerprint density at radius 1 is 0.806 bits per heavy atom. The summed E-state index contributed by atoms with van der Waals surface area (Å²) >= 11 is 0. The van der Waals surface area contributed by atoms with Gasteiger partial charge in [0.05, 0.1) is 0 Å². The predicted molar refractivity (Wildman–Crippen MR) is 114 cm³/mol. The number of esters is 2. The molecule has 0 unspecified atom stereocenters. The maximum atomic E-state index is 12.9. The van der Waals surface area contributed by atoms with Crippen molar-refractivity contribution in [3.63, 3.8) is 0 Å². The van der Waals surface area contributed by atoms with Crippen molar-refractivity contribution < 1.29 is 38.1 Å². The molecule has 2 amide bonds. The second-order valence-electron chi connectivity index (χ2n) is 9.89. The van der Waals surface area contributed by atoms with Gasteiger partial charge in [0.25, 0.3) is 0 Å². The van der Waals surface area contributed by atoms with Crippen molar-refractivity contribution in [2.24, 2.45) is 0 Å². The largest absolute Gasteiger partial charge is 0.461 e. The van der Waals surface area contributed by atoms with Crippen LogP contribution in [0, 0.1) is 0 Å². The molecule has 0 saturated carbocycles. The summed E-state index contributed by atoms with van der Waals surface area (Å²) in [6, 6.07) is -1.46. The lowest BCUT2D eigenvalue weighted by atomic mass is 10.1. The number of rotatable bonds is 7. The Balaban J connectivity index is 6.04. The average molecular weight is 444 g/mol. The Morgan fingerprint density at radius 3 is 1.58 bits per heavy atom. The molecule has 0 heterocycles. The van der Waals surface area contributed by atoms with E-state index in [0.29, 0.717) is 4.90 Å². The molecule has 0 aliphatic heterocycles. The maximum absolute atomic E-state index is 12.9. The molecule has 0 aliphatic carbocycles. The first-order valence-corrected chi connectivity index (χ1v) is 10.1. The minimum absolute atomic E-state index is 0.00220. The highest BCUT2D eigenvalue weighted by atomic mass is 16.6. The van der Waals surface area contributed by atoms with Crippen molar-refractivity contribution in [2.75, 3.05) is 6.61 Å². The first-order valence-electron chi connectivity index (χ1n) is 10.1. The van der Waals surface area contributed by atoms with Crippen LogP contribution in [-0.2, 0) is 28.5 Å². The van der Waals surface area contributed by atoms with Crippen LogP contribution in [0.15, 0.2) is 12.7 Å². The summed E-state index contributed by atoms with van der Waals surface area (Å²) in [4.78, 5) is 51.2. The van der Waals surface area contributed by atoms with E-state index < -0.39 is 47.0 Å². The van der Waals surface area contributed by atoms with Crippen LogP contribution in [0.1, 0.15) is 75.2 Å². The average Bonchev–Trinajstić information content (AvgIpc) is 2.51. The normalized spacial score (nSPS) is 12.9. The lowest BCUT2D eigenvalue weighted by Gasteiger charge is -2.33. The second-order valence-corrected chi connectivity index (χ2v) is 9.89. The minimum atomic E-state index is -1.46. The molecule has 0 rings (SSSR count). The molecule has 1 atom stereocenters. The van der Waals surface area contributed by atoms with Crippen LogP contribution in [0.25, 0.3) is 0 Å². The lowest BCUT2D eigenvalue weighted by Crippen LogP contribution is -2.53. The molecule has 0 aromatic rings. The summed E-state index contributed by atoms with van der Waals surface area (Å²) in [5.41, 5.74) is -2.79. The highest BCUT2D eigenvalue weighted by molar-refractivity contribution is 5.94. The molecule has 0 aromatic heterocycles. The van der Waals surface area contributed by atoms with Crippen LogP contribution in [0.2, 0.25) is 0 Å². The summed E-state index contributed by atoms with van der Waals surface area (Å²) in [7, 11) is 0. The molecule has 0 saturated heterocycles. The van der Waals surface area contributed by atoms with E-state index in [0.717, 1.165) is 0 Å². The van der Waals surface area contributed by atoms with E-state index in [1.807, 2.05) is 0 Å². The van der Waals surface area contributed by atoms with Gasteiger partial charge in [0.2, 0.25) is 0 Å². The van der Waals surface area contributed by atoms with Gasteiger partial charge < -0.3 is 18.9 Å². The molecule has 0 aliphatic rings. The molecule has 9 heteroatoms. The number of amides is 2. The quantitative estimate of drug-likeness (QED) is 0.324. The van der Waals surface area contributed by atoms with E-state index in [-0.39, 0.29) is 19.4 Å². The van der Waals surface area contributed by atoms with Gasteiger partial charge in [0, 0.05) is 6.42 Å². The van der Waals surface area contributed by atoms with Gasteiger partial charge in [0.1, 0.15) is 29.5 Å². The topological polar surface area (TPSA) is 108 Å². The molecular weight excluding hydrogens is 406 g/mol. The number of imide groups is 1. The number of carbonyl (C=O) groups is 4. The molecular formula is C22H37NO8. The first kappa shape index (κ1) is 28.4. The van der Waals surface area contributed by atoms with Gasteiger partial charge >= 0.3 is 24.1 Å². The van der Waals surface area contributed by atoms with E-state index in [9.17, 15) is 19.2 Å². The molecule has 0 radical (unpaired) electrons. The van der Waals surface area contributed by atoms with Crippen LogP contribution in [0.3, 0.4) is 0 Å². The Bertz CT molecular complexity index is 636. The molecule has 31 heavy (non-hydrogen) atoms. The summed E-state index contributed by atoms with van der Waals surface area (Å²) in [5.74, 6) is -1.50. The fourth-order valence-electron chi connectivity index (χ4n) is 2.15. The minimum Gasteiger partial charge on any atom is -0.461 e. The van der Waals surface area contributed by atoms with Crippen LogP contribution < -0.4 is 0 Å². The fraction of sp³-hybridized carbons (Fsp3) is 0.727. The van der Waals surface area contributed by atoms with Gasteiger partial charge in [-0.3, -0.25) is 4.79 Å². The van der Waals surface area contributed by atoms with Crippen molar-refractivity contribution in [2.45, 2.75) is 98.0 Å². The zero-order valence-electron chi connectivity index (χ0n) is 20.2. The third-order valence-electron chi connectivity index (χ3n) is 3.15. The number of ether oxygens (including phenoxy) is 4. The lowest BCUT2D eigenvalue weighted by molar-refractivity contribution is -0.161. The van der Waals surface area contributed by atoms with E-state index in [4.69, 9.17) is 18.9 Å². The van der Waals surface area contributed by atoms with Crippen LogP contribution in [0.4, 0.5) is 9.59 Å². The molecule has 0 N–H and O–H groups in total. The number of hydrogen-bond acceptors (Lipinski definition) is 8. The van der Waals surface area contributed by atoms with Crippen LogP contribution in [-0.4, -0.2) is 58.5 Å². The van der Waals surface area contributed by atoms with Gasteiger partial charge in [-0.1, -0.05) is 12.7 Å². The number of carbonyl (C=O) groups excluding carboxylic acids is 4. The molecule has 0 bridgehead atoms. The van der Waals surface area contributed by atoms with Gasteiger partial charge in [-0.25, -0.2) is 14.4 Å². The molecule has 178 valence electrons. The van der Waals surface area contributed by atoms with Gasteiger partial charge in [-0.15, -0.1) is 0 Å². The Morgan fingerprint density at radius 2 is 1.23 bits per heavy atom. The second kappa shape index (κ2) is 11.2. The summed E-state index contributed by atoms with van der Waals surface area (Å²) in [6.07, 6.45) is -1.26. The van der Waals surface area contributed by atoms with Crippen molar-refractivity contribution in [1.82, 2.24) is 4.90 Å². The molecule has 0 spiro atoms. The number of hydrogen-bond donors (Lipinski definition) is 0. The smallest absolute Gasteiger partial charge is 0.420 e. The summed E-state index contributed by atoms with van der Waals surface area (Å²) < 4.78 is 20.9. The highest BCUT2D eigenvalue weighted by Gasteiger charge is 2.42. The van der Waals surface area contributed by atoms with E-state index in [2.05, 4.69) is 6.58 Å². The fourth-order valence-corrected chi connectivity index (χ4v) is 2.15. The zero-order chi connectivity index (χ0) is 24.6. The number of nitrogens with zero attached hydrogens (tertiary/aromatic N) is 1. The van der Waals surface area contributed by atoms with E-state index >= 15 is 0 Å². The molecule has 0 aromatic carbocycles. The van der Waals surface area contributed by atoms with Crippen LogP contribution in [0.5, 0.6) is 0 Å². The van der Waals surface area contributed by atoms with Crippen molar-refractivity contribution >= 4 is 24.1 Å². The Kier molecular flexibility index (Phi) is 10.2. The summed E-state index contributed by atoms with van der Waals surface area (Å²) in [6.45, 7) is 18.1. The van der Waals surface area contributed by atoms with Gasteiger partial charge in [-0.05, 0) is 68.7 Å². The van der Waals surface area contributed by atoms with Crippen molar-refractivity contribution in [3.8, 4) is 0 Å². The SMILES string of the molecule is C=CCOC(=O)CC[C@@H](C(=O)OC(C)(C)C)N(C(=O)OC(C)(C)C)C(=O)OC(C)(C)C. The third-order valence-corrected chi connectivity index (χ3v) is 3.15. The monoisotopic (exact) mass is 443 g/mol. The van der Waals surface area contributed by atoms with Gasteiger partial charge in [-0.2, -0.15) is 4.90 Å². The van der Waals surface area contributed by atoms with E-state index in [1.165, 1.54) is 6.08 Å². The maximum Gasteiger partial charge on any atom is 0.420 e.